The van der Waals surface area contributed by atoms with Crippen molar-refractivity contribution in [3.8, 4) is 22.8 Å². The highest BCUT2D eigenvalue weighted by molar-refractivity contribution is 5.99. The van der Waals surface area contributed by atoms with Crippen molar-refractivity contribution in [2.45, 2.75) is 32.4 Å². The Balaban J connectivity index is 1.43. The predicted octanol–water partition coefficient (Wildman–Crippen LogP) is 4.82. The molecular weight excluding hydrogens is 496 g/mol. The lowest BCUT2D eigenvalue weighted by Crippen LogP contribution is -2.34. The van der Waals surface area contributed by atoms with Crippen molar-refractivity contribution in [3.05, 3.63) is 66.1 Å². The van der Waals surface area contributed by atoms with Crippen LogP contribution in [0.5, 0.6) is 11.5 Å². The number of rotatable bonds is 6. The van der Waals surface area contributed by atoms with Crippen LogP contribution in [0.2, 0.25) is 0 Å². The number of carbonyl (C=O) groups is 1. The van der Waals surface area contributed by atoms with Crippen LogP contribution >= 0.6 is 0 Å². The van der Waals surface area contributed by atoms with Gasteiger partial charge in [-0.1, -0.05) is 19.1 Å². The molecule has 0 atom stereocenters. The average molecular weight is 525 g/mol. The Morgan fingerprint density at radius 2 is 2.00 bits per heavy atom. The lowest BCUT2D eigenvalue weighted by Gasteiger charge is -2.34. The molecule has 1 aromatic carbocycles. The van der Waals surface area contributed by atoms with Crippen molar-refractivity contribution in [2.24, 2.45) is 5.92 Å². The van der Waals surface area contributed by atoms with E-state index in [9.17, 15) is 9.90 Å². The fraction of sp³-hybridized carbons (Fsp3) is 0.310. The first-order valence-electron chi connectivity index (χ1n) is 13.1. The van der Waals surface area contributed by atoms with Crippen LogP contribution in [-0.2, 0) is 6.54 Å². The smallest absolute Gasteiger partial charge is 0.341 e. The predicted molar refractivity (Wildman–Crippen MR) is 146 cm³/mol. The molecule has 1 aliphatic carbocycles. The Kier molecular flexibility index (Phi) is 5.43. The minimum Gasteiger partial charge on any atom is -0.497 e. The number of methoxy groups -OCH3 is 1. The number of carboxylic acids is 1. The van der Waals surface area contributed by atoms with Gasteiger partial charge in [0.15, 0.2) is 17.2 Å². The molecule has 198 valence electrons. The van der Waals surface area contributed by atoms with Crippen LogP contribution in [0.15, 0.2) is 55.0 Å². The number of hydrogen-bond donors (Lipinski definition) is 1. The highest BCUT2D eigenvalue weighted by Crippen LogP contribution is 2.46. The molecule has 0 spiro atoms. The lowest BCUT2D eigenvalue weighted by molar-refractivity contribution is 0.0698. The van der Waals surface area contributed by atoms with E-state index in [1.807, 2.05) is 42.6 Å². The Morgan fingerprint density at radius 1 is 1.18 bits per heavy atom. The van der Waals surface area contributed by atoms with Crippen LogP contribution in [0.4, 0.5) is 5.82 Å². The molecule has 0 radical (unpaired) electrons. The summed E-state index contributed by atoms with van der Waals surface area (Å²) in [5.41, 5.74) is 3.79. The number of ether oxygens (including phenoxy) is 2. The van der Waals surface area contributed by atoms with Gasteiger partial charge < -0.3 is 24.0 Å². The second-order valence-corrected chi connectivity index (χ2v) is 10.4. The van der Waals surface area contributed by atoms with E-state index in [1.165, 1.54) is 6.20 Å². The van der Waals surface area contributed by atoms with Gasteiger partial charge in [-0.25, -0.2) is 14.8 Å². The number of pyridine rings is 1. The molecule has 1 N–H and O–H groups in total. The van der Waals surface area contributed by atoms with Crippen LogP contribution in [-0.4, -0.2) is 55.5 Å². The first-order chi connectivity index (χ1) is 19.0. The molecule has 1 saturated carbocycles. The number of hydrogen-bond acceptors (Lipinski definition) is 7. The summed E-state index contributed by atoms with van der Waals surface area (Å²) in [6, 6.07) is 12.3. The second-order valence-electron chi connectivity index (χ2n) is 10.4. The Morgan fingerprint density at radius 3 is 2.74 bits per heavy atom. The van der Waals surface area contributed by atoms with Gasteiger partial charge in [-0.3, -0.25) is 0 Å². The summed E-state index contributed by atoms with van der Waals surface area (Å²) >= 11 is 0. The molecule has 5 heterocycles. The van der Waals surface area contributed by atoms with Gasteiger partial charge in [-0.05, 0) is 48.6 Å². The molecule has 10 nitrogen and oxygen atoms in total. The molecule has 1 aliphatic heterocycles. The van der Waals surface area contributed by atoms with E-state index in [0.29, 0.717) is 48.9 Å². The summed E-state index contributed by atoms with van der Waals surface area (Å²) in [5, 5.41) is 15.3. The van der Waals surface area contributed by atoms with Gasteiger partial charge in [0.25, 0.3) is 0 Å². The van der Waals surface area contributed by atoms with Gasteiger partial charge in [0.1, 0.15) is 29.3 Å². The zero-order valence-corrected chi connectivity index (χ0v) is 21.7. The summed E-state index contributed by atoms with van der Waals surface area (Å²) < 4.78 is 15.5. The fourth-order valence-electron chi connectivity index (χ4n) is 5.81. The molecule has 7 rings (SSSR count). The molecular formula is C29H28N6O4. The summed E-state index contributed by atoms with van der Waals surface area (Å²) in [7, 11) is 1.65. The third kappa shape index (κ3) is 3.77. The van der Waals surface area contributed by atoms with Crippen molar-refractivity contribution in [1.82, 2.24) is 24.1 Å². The van der Waals surface area contributed by atoms with E-state index in [1.54, 1.807) is 11.6 Å². The average Bonchev–Trinajstić information content (AvgIpc) is 3.53. The largest absolute Gasteiger partial charge is 0.497 e. The van der Waals surface area contributed by atoms with Crippen LogP contribution in [0.3, 0.4) is 0 Å². The number of aromatic carboxylic acids is 1. The molecule has 39 heavy (non-hydrogen) atoms. The zero-order valence-electron chi connectivity index (χ0n) is 21.7. The quantitative estimate of drug-likeness (QED) is 0.337. The number of anilines is 1. The Hall–Kier alpha value is -4.60. The van der Waals surface area contributed by atoms with E-state index in [0.717, 1.165) is 40.8 Å². The first-order valence-corrected chi connectivity index (χ1v) is 13.1. The number of carboxylic acid groups (broad SMARTS) is 1. The summed E-state index contributed by atoms with van der Waals surface area (Å²) in [6.07, 6.45) is 7.47. The summed E-state index contributed by atoms with van der Waals surface area (Å²) in [6.45, 7) is 3.93. The van der Waals surface area contributed by atoms with E-state index < -0.39 is 5.97 Å². The van der Waals surface area contributed by atoms with Crippen molar-refractivity contribution < 1.29 is 19.4 Å². The third-order valence-electron chi connectivity index (χ3n) is 7.84. The van der Waals surface area contributed by atoms with Gasteiger partial charge in [0.05, 0.1) is 19.9 Å². The van der Waals surface area contributed by atoms with Crippen molar-refractivity contribution >= 4 is 28.5 Å². The maximum Gasteiger partial charge on any atom is 0.341 e. The SMILES string of the molecule is COc1ccc(CN2CCOc3c(-c4cn(C5CC(C)C5)c5ncccc45)nc4c(C(=O)O)cnn4c32)cc1. The van der Waals surface area contributed by atoms with Crippen molar-refractivity contribution in [1.29, 1.82) is 0 Å². The summed E-state index contributed by atoms with van der Waals surface area (Å²) in [5.74, 6) is 1.67. The molecule has 0 amide bonds. The molecule has 0 bridgehead atoms. The first kappa shape index (κ1) is 23.5. The standard InChI is InChI=1S/C29H28N6O4/c1-17-12-19(13-17)34-16-23(21-4-3-9-30-26(21)34)24-25-28(35-27(32-24)22(14-31-35)29(36)37)33(10-11-39-25)15-18-5-7-20(38-2)8-6-18/h3-9,14,16-17,19H,10-13,15H2,1-2H3,(H,36,37). The normalized spacial score (nSPS) is 18.6. The van der Waals surface area contributed by atoms with E-state index in [4.69, 9.17) is 19.4 Å². The Bertz CT molecular complexity index is 1720. The van der Waals surface area contributed by atoms with Crippen molar-refractivity contribution in [2.75, 3.05) is 25.2 Å². The van der Waals surface area contributed by atoms with Crippen molar-refractivity contribution in [3.63, 3.8) is 0 Å². The highest BCUT2D eigenvalue weighted by Gasteiger charge is 2.33. The molecule has 0 unspecified atom stereocenters. The van der Waals surface area contributed by atoms with Crippen LogP contribution in [0.25, 0.3) is 27.9 Å². The maximum absolute atomic E-state index is 12.1. The Labute approximate surface area is 224 Å². The van der Waals surface area contributed by atoms with Gasteiger partial charge >= 0.3 is 5.97 Å². The molecule has 2 aliphatic rings. The fourth-order valence-corrected chi connectivity index (χ4v) is 5.81. The van der Waals surface area contributed by atoms with Gasteiger partial charge in [-0.2, -0.15) is 9.61 Å². The topological polar surface area (TPSA) is 107 Å². The van der Waals surface area contributed by atoms with Gasteiger partial charge in [0, 0.05) is 35.9 Å². The molecule has 0 saturated heterocycles. The monoisotopic (exact) mass is 524 g/mol. The van der Waals surface area contributed by atoms with E-state index >= 15 is 0 Å². The minimum absolute atomic E-state index is 0.0451. The minimum atomic E-state index is -1.07. The third-order valence-corrected chi connectivity index (χ3v) is 7.84. The van der Waals surface area contributed by atoms with E-state index in [2.05, 4.69) is 27.7 Å². The van der Waals surface area contributed by atoms with E-state index in [-0.39, 0.29) is 11.2 Å². The van der Waals surface area contributed by atoms with Crippen LogP contribution < -0.4 is 14.4 Å². The van der Waals surface area contributed by atoms with Crippen LogP contribution in [0.1, 0.15) is 41.7 Å². The summed E-state index contributed by atoms with van der Waals surface area (Å²) in [4.78, 5) is 23.9. The highest BCUT2D eigenvalue weighted by atomic mass is 16.5. The molecule has 5 aromatic rings. The molecule has 4 aromatic heterocycles. The number of fused-ring (bicyclic) bond motifs is 4. The molecule has 1 fully saturated rings. The van der Waals surface area contributed by atoms with Crippen LogP contribution in [0, 0.1) is 5.92 Å². The number of benzene rings is 1. The zero-order chi connectivity index (χ0) is 26.7. The van der Waals surface area contributed by atoms with Gasteiger partial charge in [-0.15, -0.1) is 0 Å². The maximum atomic E-state index is 12.1. The number of nitrogens with zero attached hydrogens (tertiary/aromatic N) is 6. The molecule has 10 heteroatoms. The van der Waals surface area contributed by atoms with Gasteiger partial charge in [0.2, 0.25) is 0 Å². The number of aromatic nitrogens is 5. The second kappa shape index (κ2) is 9.00. The lowest BCUT2D eigenvalue weighted by atomic mass is 9.82.